The molecule has 4 rings (SSSR count). The standard InChI is InChI=1S/C19H17N5O2S/c1-4-13-8-14(17-11(3)23-26-19(17)20-13)18(25)21-15-7-12(6-5-10(15)2)16-9-27-24-22-16/h5-9H,4H2,1-3H3,(H,21,25). The van der Waals surface area contributed by atoms with Gasteiger partial charge >= 0.3 is 0 Å². The summed E-state index contributed by atoms with van der Waals surface area (Å²) < 4.78 is 9.17. The van der Waals surface area contributed by atoms with E-state index in [4.69, 9.17) is 4.52 Å². The van der Waals surface area contributed by atoms with E-state index in [2.05, 4.69) is 25.0 Å². The molecule has 3 aromatic heterocycles. The number of hydrogen-bond acceptors (Lipinski definition) is 7. The summed E-state index contributed by atoms with van der Waals surface area (Å²) in [4.78, 5) is 17.5. The highest BCUT2D eigenvalue weighted by molar-refractivity contribution is 7.03. The molecule has 0 aliphatic carbocycles. The third-order valence-electron chi connectivity index (χ3n) is 4.42. The highest BCUT2D eigenvalue weighted by atomic mass is 32.1. The van der Waals surface area contributed by atoms with Crippen LogP contribution in [0, 0.1) is 13.8 Å². The molecule has 0 saturated heterocycles. The van der Waals surface area contributed by atoms with Gasteiger partial charge in [0.05, 0.1) is 16.6 Å². The lowest BCUT2D eigenvalue weighted by atomic mass is 10.1. The van der Waals surface area contributed by atoms with Crippen LogP contribution in [0.15, 0.2) is 34.2 Å². The highest BCUT2D eigenvalue weighted by Crippen LogP contribution is 2.27. The summed E-state index contributed by atoms with van der Waals surface area (Å²) in [6.07, 6.45) is 0.696. The first-order valence-corrected chi connectivity index (χ1v) is 9.35. The van der Waals surface area contributed by atoms with Crippen LogP contribution in [0.2, 0.25) is 0 Å². The van der Waals surface area contributed by atoms with Crippen LogP contribution in [0.5, 0.6) is 0 Å². The van der Waals surface area contributed by atoms with E-state index in [9.17, 15) is 4.79 Å². The molecule has 1 amide bonds. The number of fused-ring (bicyclic) bond motifs is 1. The van der Waals surface area contributed by atoms with Crippen LogP contribution in [-0.4, -0.2) is 25.6 Å². The number of amides is 1. The second kappa shape index (κ2) is 6.88. The molecule has 1 aromatic carbocycles. The van der Waals surface area contributed by atoms with Gasteiger partial charge in [0.25, 0.3) is 11.6 Å². The number of aromatic nitrogens is 4. The number of carbonyl (C=O) groups excluding carboxylic acids is 1. The van der Waals surface area contributed by atoms with E-state index < -0.39 is 0 Å². The van der Waals surface area contributed by atoms with Crippen molar-refractivity contribution in [1.82, 2.24) is 19.7 Å². The Balaban J connectivity index is 1.74. The van der Waals surface area contributed by atoms with Crippen molar-refractivity contribution in [3.63, 3.8) is 0 Å². The van der Waals surface area contributed by atoms with Crippen molar-refractivity contribution in [3.8, 4) is 11.3 Å². The molecule has 7 nitrogen and oxygen atoms in total. The monoisotopic (exact) mass is 379 g/mol. The van der Waals surface area contributed by atoms with Gasteiger partial charge in [-0.2, -0.15) is 0 Å². The Morgan fingerprint density at radius 2 is 2.11 bits per heavy atom. The molecular formula is C19H17N5O2S. The van der Waals surface area contributed by atoms with Crippen molar-refractivity contribution < 1.29 is 9.32 Å². The highest BCUT2D eigenvalue weighted by Gasteiger charge is 2.19. The molecule has 0 saturated carbocycles. The summed E-state index contributed by atoms with van der Waals surface area (Å²) >= 11 is 1.29. The normalized spacial score (nSPS) is 11.1. The smallest absolute Gasteiger partial charge is 0.258 e. The van der Waals surface area contributed by atoms with Crippen LogP contribution in [0.1, 0.15) is 34.2 Å². The predicted octanol–water partition coefficient (Wildman–Crippen LogP) is 4.17. The fourth-order valence-corrected chi connectivity index (χ4v) is 3.37. The lowest BCUT2D eigenvalue weighted by Gasteiger charge is -2.11. The lowest BCUT2D eigenvalue weighted by molar-refractivity contribution is 0.102. The largest absolute Gasteiger partial charge is 0.336 e. The number of carbonyl (C=O) groups is 1. The number of pyridine rings is 1. The fraction of sp³-hybridized carbons (Fsp3) is 0.211. The first-order valence-electron chi connectivity index (χ1n) is 8.52. The SMILES string of the molecule is CCc1cc(C(=O)Nc2cc(-c3csnn3)ccc2C)c2c(C)noc2n1. The van der Waals surface area contributed by atoms with Gasteiger partial charge in [0.1, 0.15) is 5.69 Å². The van der Waals surface area contributed by atoms with E-state index in [0.717, 1.165) is 28.2 Å². The van der Waals surface area contributed by atoms with Crippen molar-refractivity contribution in [2.45, 2.75) is 27.2 Å². The zero-order valence-electron chi connectivity index (χ0n) is 15.1. The van der Waals surface area contributed by atoms with Crippen molar-refractivity contribution in [1.29, 1.82) is 0 Å². The van der Waals surface area contributed by atoms with Gasteiger partial charge in [-0.25, -0.2) is 4.98 Å². The van der Waals surface area contributed by atoms with Crippen LogP contribution in [0.4, 0.5) is 5.69 Å². The summed E-state index contributed by atoms with van der Waals surface area (Å²) in [7, 11) is 0. The molecule has 4 aromatic rings. The zero-order chi connectivity index (χ0) is 19.0. The van der Waals surface area contributed by atoms with E-state index >= 15 is 0 Å². The Labute approximate surface area is 159 Å². The molecule has 1 N–H and O–H groups in total. The summed E-state index contributed by atoms with van der Waals surface area (Å²) in [6, 6.07) is 7.62. The minimum atomic E-state index is -0.222. The first kappa shape index (κ1) is 17.3. The summed E-state index contributed by atoms with van der Waals surface area (Å²) in [6.45, 7) is 5.73. The molecule has 0 atom stereocenters. The molecule has 0 fully saturated rings. The number of hydrogen-bond donors (Lipinski definition) is 1. The number of nitrogens with zero attached hydrogens (tertiary/aromatic N) is 4. The van der Waals surface area contributed by atoms with Gasteiger partial charge in [0.2, 0.25) is 0 Å². The van der Waals surface area contributed by atoms with E-state index in [-0.39, 0.29) is 5.91 Å². The van der Waals surface area contributed by atoms with Crippen LogP contribution < -0.4 is 5.32 Å². The van der Waals surface area contributed by atoms with Gasteiger partial charge in [0.15, 0.2) is 0 Å². The average molecular weight is 379 g/mol. The number of anilines is 1. The fourth-order valence-electron chi connectivity index (χ4n) is 2.90. The van der Waals surface area contributed by atoms with Crippen LogP contribution in [-0.2, 0) is 6.42 Å². The average Bonchev–Trinajstić information content (AvgIpc) is 3.33. The second-order valence-electron chi connectivity index (χ2n) is 6.24. The zero-order valence-corrected chi connectivity index (χ0v) is 15.9. The van der Waals surface area contributed by atoms with Gasteiger partial charge in [-0.1, -0.05) is 28.7 Å². The maximum atomic E-state index is 13.1. The van der Waals surface area contributed by atoms with Crippen LogP contribution in [0.3, 0.4) is 0 Å². The van der Waals surface area contributed by atoms with Crippen molar-refractivity contribution in [3.05, 3.63) is 52.2 Å². The molecule has 3 heterocycles. The van der Waals surface area contributed by atoms with E-state index in [1.54, 1.807) is 13.0 Å². The third-order valence-corrected chi connectivity index (χ3v) is 4.92. The maximum absolute atomic E-state index is 13.1. The first-order chi connectivity index (χ1) is 13.1. The summed E-state index contributed by atoms with van der Waals surface area (Å²) in [5.74, 6) is -0.222. The van der Waals surface area contributed by atoms with E-state index in [1.165, 1.54) is 11.5 Å². The number of rotatable bonds is 4. The molecule has 0 spiro atoms. The van der Waals surface area contributed by atoms with Gasteiger partial charge < -0.3 is 9.84 Å². The summed E-state index contributed by atoms with van der Waals surface area (Å²) in [5, 5.41) is 13.6. The lowest BCUT2D eigenvalue weighted by Crippen LogP contribution is -2.14. The van der Waals surface area contributed by atoms with Crippen LogP contribution in [0.25, 0.3) is 22.4 Å². The van der Waals surface area contributed by atoms with Crippen molar-refractivity contribution in [2.75, 3.05) is 5.32 Å². The second-order valence-corrected chi connectivity index (χ2v) is 6.85. The topological polar surface area (TPSA) is 93.8 Å². The molecule has 0 bridgehead atoms. The molecule has 0 radical (unpaired) electrons. The van der Waals surface area contributed by atoms with Gasteiger partial charge in [0, 0.05) is 22.3 Å². The van der Waals surface area contributed by atoms with E-state index in [1.807, 2.05) is 37.4 Å². The van der Waals surface area contributed by atoms with Crippen LogP contribution >= 0.6 is 11.5 Å². The van der Waals surface area contributed by atoms with E-state index in [0.29, 0.717) is 28.8 Å². The van der Waals surface area contributed by atoms with Gasteiger partial charge in [-0.15, -0.1) is 5.10 Å². The maximum Gasteiger partial charge on any atom is 0.258 e. The quantitative estimate of drug-likeness (QED) is 0.572. The van der Waals surface area contributed by atoms with Gasteiger partial charge in [-0.05, 0) is 49.5 Å². The minimum absolute atomic E-state index is 0.222. The van der Waals surface area contributed by atoms with Crippen molar-refractivity contribution >= 4 is 34.2 Å². The molecule has 0 aliphatic heterocycles. The Morgan fingerprint density at radius 3 is 2.85 bits per heavy atom. The van der Waals surface area contributed by atoms with Crippen molar-refractivity contribution in [2.24, 2.45) is 0 Å². The molecular weight excluding hydrogens is 362 g/mol. The number of benzene rings is 1. The molecule has 136 valence electrons. The molecule has 27 heavy (non-hydrogen) atoms. The Kier molecular flexibility index (Phi) is 4.41. The Hall–Kier alpha value is -3.13. The predicted molar refractivity (Wildman–Crippen MR) is 104 cm³/mol. The third kappa shape index (κ3) is 3.19. The number of aryl methyl sites for hydroxylation is 3. The Bertz CT molecular complexity index is 1130. The minimum Gasteiger partial charge on any atom is -0.336 e. The molecule has 0 unspecified atom stereocenters. The summed E-state index contributed by atoms with van der Waals surface area (Å²) in [5.41, 5.74) is 5.68. The molecule has 8 heteroatoms. The molecule has 0 aliphatic rings. The Morgan fingerprint density at radius 1 is 1.26 bits per heavy atom. The number of nitrogens with one attached hydrogen (secondary N) is 1. The van der Waals surface area contributed by atoms with Gasteiger partial charge in [-0.3, -0.25) is 4.79 Å².